The molecule has 0 atom stereocenters. The summed E-state index contributed by atoms with van der Waals surface area (Å²) in [6, 6.07) is 0. The van der Waals surface area contributed by atoms with Gasteiger partial charge in [-0.2, -0.15) is 0 Å². The minimum Gasteiger partial charge on any atom is -0.481 e. The summed E-state index contributed by atoms with van der Waals surface area (Å²) < 4.78 is 1.39. The second kappa shape index (κ2) is 6.50. The molecule has 76 valence electrons. The van der Waals surface area contributed by atoms with Gasteiger partial charge in [-0.1, -0.05) is 0 Å². The van der Waals surface area contributed by atoms with Crippen molar-refractivity contribution in [2.75, 3.05) is 5.73 Å². The Morgan fingerprint density at radius 3 is 2.62 bits per heavy atom. The number of carboxylic acid groups (broad SMARTS) is 1. The van der Waals surface area contributed by atoms with Gasteiger partial charge in [0.2, 0.25) is 5.95 Å². The number of nitrogen functional groups attached to an aromatic ring is 1. The number of carboxylic acids is 1. The Morgan fingerprint density at radius 1 is 1.62 bits per heavy atom. The third kappa shape index (κ3) is 5.26. The lowest BCUT2D eigenvalue weighted by Crippen LogP contribution is -2.05. The van der Waals surface area contributed by atoms with Gasteiger partial charge >= 0.3 is 5.97 Å². The molecule has 0 aliphatic heterocycles. The molecule has 1 rings (SSSR count). The molecule has 0 unspecified atom stereocenters. The SMILES string of the molecule is Cl.Cl.Nc1ncn(CCC(=O)O)n1. The van der Waals surface area contributed by atoms with Crippen LogP contribution in [-0.2, 0) is 11.3 Å². The van der Waals surface area contributed by atoms with Crippen LogP contribution < -0.4 is 5.73 Å². The first kappa shape index (κ1) is 14.5. The van der Waals surface area contributed by atoms with Gasteiger partial charge in [0.25, 0.3) is 0 Å². The second-order valence-electron chi connectivity index (χ2n) is 2.01. The van der Waals surface area contributed by atoms with Crippen molar-refractivity contribution in [1.29, 1.82) is 0 Å². The molecule has 0 amide bonds. The summed E-state index contributed by atoms with van der Waals surface area (Å²) in [5.41, 5.74) is 5.19. The lowest BCUT2D eigenvalue weighted by Gasteiger charge is -1.93. The van der Waals surface area contributed by atoms with E-state index in [1.165, 1.54) is 11.0 Å². The van der Waals surface area contributed by atoms with Crippen LogP contribution in [0.1, 0.15) is 6.42 Å². The number of nitrogens with two attached hydrogens (primary N) is 1. The van der Waals surface area contributed by atoms with Crippen molar-refractivity contribution >= 4 is 36.7 Å². The highest BCUT2D eigenvalue weighted by Gasteiger charge is 1.99. The van der Waals surface area contributed by atoms with Gasteiger partial charge in [-0.25, -0.2) is 4.98 Å². The summed E-state index contributed by atoms with van der Waals surface area (Å²) in [5.74, 6) is -0.700. The number of aliphatic carboxylic acids is 1. The number of nitrogens with zero attached hydrogens (tertiary/aromatic N) is 3. The molecule has 0 aromatic carbocycles. The number of anilines is 1. The Kier molecular flexibility index (Phi) is 7.26. The number of hydrogen-bond acceptors (Lipinski definition) is 4. The molecule has 0 aliphatic carbocycles. The molecule has 0 radical (unpaired) electrons. The molecule has 0 fully saturated rings. The molecule has 0 spiro atoms. The predicted molar refractivity (Wildman–Crippen MR) is 51.2 cm³/mol. The molecule has 0 bridgehead atoms. The molecule has 6 nitrogen and oxygen atoms in total. The Labute approximate surface area is 87.0 Å². The first-order valence-corrected chi connectivity index (χ1v) is 3.05. The standard InChI is InChI=1S/C5H8N4O2.2ClH/c6-5-7-3-9(8-5)2-1-4(10)11;;/h3H,1-2H2,(H2,6,8)(H,10,11);2*1H. The maximum absolute atomic E-state index is 10.1. The summed E-state index contributed by atoms with van der Waals surface area (Å²) in [4.78, 5) is 13.7. The summed E-state index contributed by atoms with van der Waals surface area (Å²) in [7, 11) is 0. The van der Waals surface area contributed by atoms with Crippen LogP contribution in [0.25, 0.3) is 0 Å². The van der Waals surface area contributed by atoms with Crippen LogP contribution in [0.15, 0.2) is 6.33 Å². The number of hydrogen-bond donors (Lipinski definition) is 2. The van der Waals surface area contributed by atoms with E-state index in [-0.39, 0.29) is 37.2 Å². The van der Waals surface area contributed by atoms with Crippen molar-refractivity contribution in [3.63, 3.8) is 0 Å². The van der Waals surface area contributed by atoms with Gasteiger partial charge in [0, 0.05) is 0 Å². The molecular formula is C5H10Cl2N4O2. The van der Waals surface area contributed by atoms with Gasteiger partial charge in [0.15, 0.2) is 0 Å². The lowest BCUT2D eigenvalue weighted by atomic mass is 10.4. The van der Waals surface area contributed by atoms with Gasteiger partial charge < -0.3 is 10.8 Å². The topological polar surface area (TPSA) is 94.0 Å². The molecular weight excluding hydrogens is 219 g/mol. The van der Waals surface area contributed by atoms with Gasteiger partial charge in [-0.05, 0) is 0 Å². The van der Waals surface area contributed by atoms with E-state index < -0.39 is 5.97 Å². The van der Waals surface area contributed by atoms with Crippen molar-refractivity contribution < 1.29 is 9.90 Å². The van der Waals surface area contributed by atoms with Crippen LogP contribution in [0.2, 0.25) is 0 Å². The first-order chi connectivity index (χ1) is 5.18. The Hall–Kier alpha value is -1.01. The normalized spacial score (nSPS) is 8.31. The summed E-state index contributed by atoms with van der Waals surface area (Å²) >= 11 is 0. The molecule has 0 aliphatic rings. The van der Waals surface area contributed by atoms with Gasteiger partial charge in [-0.3, -0.25) is 9.48 Å². The Balaban J connectivity index is 0. The summed E-state index contributed by atoms with van der Waals surface area (Å²) in [6.07, 6.45) is 1.43. The number of carbonyl (C=O) groups is 1. The van der Waals surface area contributed by atoms with Crippen molar-refractivity contribution in [2.45, 2.75) is 13.0 Å². The van der Waals surface area contributed by atoms with Crippen molar-refractivity contribution in [1.82, 2.24) is 14.8 Å². The lowest BCUT2D eigenvalue weighted by molar-refractivity contribution is -0.137. The molecule has 3 N–H and O–H groups in total. The molecule has 0 saturated heterocycles. The summed E-state index contributed by atoms with van der Waals surface area (Å²) in [6.45, 7) is 0.305. The van der Waals surface area contributed by atoms with Crippen molar-refractivity contribution in [2.24, 2.45) is 0 Å². The quantitative estimate of drug-likeness (QED) is 0.770. The van der Waals surface area contributed by atoms with Crippen LogP contribution in [0, 0.1) is 0 Å². The largest absolute Gasteiger partial charge is 0.481 e. The first-order valence-electron chi connectivity index (χ1n) is 3.05. The third-order valence-electron chi connectivity index (χ3n) is 1.11. The molecule has 13 heavy (non-hydrogen) atoms. The van der Waals surface area contributed by atoms with E-state index in [0.29, 0.717) is 6.54 Å². The minimum absolute atomic E-state index is 0. The minimum atomic E-state index is -0.862. The average molecular weight is 229 g/mol. The third-order valence-corrected chi connectivity index (χ3v) is 1.11. The highest BCUT2D eigenvalue weighted by Crippen LogP contribution is 1.91. The Morgan fingerprint density at radius 2 is 2.23 bits per heavy atom. The Bertz CT molecular complexity index is 265. The van der Waals surface area contributed by atoms with Crippen molar-refractivity contribution in [3.05, 3.63) is 6.33 Å². The second-order valence-corrected chi connectivity index (χ2v) is 2.01. The number of aromatic nitrogens is 3. The zero-order valence-electron chi connectivity index (χ0n) is 6.58. The fraction of sp³-hybridized carbons (Fsp3) is 0.400. The van der Waals surface area contributed by atoms with E-state index >= 15 is 0 Å². The zero-order chi connectivity index (χ0) is 8.27. The van der Waals surface area contributed by atoms with Crippen LogP contribution in [0.5, 0.6) is 0 Å². The summed E-state index contributed by atoms with van der Waals surface area (Å²) in [5, 5.41) is 12.0. The number of rotatable bonds is 3. The maximum Gasteiger partial charge on any atom is 0.305 e. The molecule has 1 heterocycles. The predicted octanol–water partition coefficient (Wildman–Crippen LogP) is 0.179. The molecule has 1 aromatic rings. The molecule has 1 aromatic heterocycles. The van der Waals surface area contributed by atoms with E-state index in [1.807, 2.05) is 0 Å². The van der Waals surface area contributed by atoms with Crippen LogP contribution in [0.4, 0.5) is 5.95 Å². The molecule has 8 heteroatoms. The van der Waals surface area contributed by atoms with Gasteiger partial charge in [0.1, 0.15) is 6.33 Å². The maximum atomic E-state index is 10.1. The van der Waals surface area contributed by atoms with Crippen LogP contribution in [0.3, 0.4) is 0 Å². The zero-order valence-corrected chi connectivity index (χ0v) is 8.22. The fourth-order valence-electron chi connectivity index (χ4n) is 0.627. The number of aryl methyl sites for hydroxylation is 1. The van der Waals surface area contributed by atoms with Crippen LogP contribution >= 0.6 is 24.8 Å². The monoisotopic (exact) mass is 228 g/mol. The van der Waals surface area contributed by atoms with E-state index in [1.54, 1.807) is 0 Å². The van der Waals surface area contributed by atoms with E-state index in [4.69, 9.17) is 10.8 Å². The van der Waals surface area contributed by atoms with E-state index in [0.717, 1.165) is 0 Å². The fourth-order valence-corrected chi connectivity index (χ4v) is 0.627. The number of halogens is 2. The molecule has 0 saturated carbocycles. The van der Waals surface area contributed by atoms with Gasteiger partial charge in [-0.15, -0.1) is 29.9 Å². The smallest absolute Gasteiger partial charge is 0.305 e. The highest BCUT2D eigenvalue weighted by atomic mass is 35.5. The highest BCUT2D eigenvalue weighted by molar-refractivity contribution is 5.85. The average Bonchev–Trinajstić information content (AvgIpc) is 2.31. The van der Waals surface area contributed by atoms with Crippen molar-refractivity contribution in [3.8, 4) is 0 Å². The van der Waals surface area contributed by atoms with Crippen LogP contribution in [-0.4, -0.2) is 25.8 Å². The van der Waals surface area contributed by atoms with E-state index in [9.17, 15) is 4.79 Å². The van der Waals surface area contributed by atoms with E-state index in [2.05, 4.69) is 10.1 Å². The van der Waals surface area contributed by atoms with Gasteiger partial charge in [0.05, 0.1) is 13.0 Å².